The van der Waals surface area contributed by atoms with Gasteiger partial charge in [-0.15, -0.1) is 0 Å². The van der Waals surface area contributed by atoms with Crippen molar-refractivity contribution in [2.24, 2.45) is 0 Å². The lowest BCUT2D eigenvalue weighted by atomic mass is 9.35. The molecule has 4 nitrogen and oxygen atoms in total. The third kappa shape index (κ3) is 3.40. The number of para-hydroxylation sites is 4. The number of aromatic nitrogens is 2. The number of nitrogens with zero attached hydrogens (tertiary/aromatic N) is 2. The second-order valence-corrected chi connectivity index (χ2v) is 13.0. The Morgan fingerprint density at radius 1 is 0.438 bits per heavy atom. The average Bonchev–Trinajstić information content (AvgIpc) is 3.64. The van der Waals surface area contributed by atoms with Gasteiger partial charge in [-0.1, -0.05) is 84.9 Å². The van der Waals surface area contributed by atoms with Gasteiger partial charge < -0.3 is 18.6 Å². The summed E-state index contributed by atoms with van der Waals surface area (Å²) in [5, 5.41) is 4.96. The predicted molar refractivity (Wildman–Crippen MR) is 198 cm³/mol. The summed E-state index contributed by atoms with van der Waals surface area (Å²) in [5.41, 5.74) is 11.5. The molecule has 0 radical (unpaired) electrons. The quantitative estimate of drug-likeness (QED) is 0.182. The molecule has 0 amide bonds. The average molecular weight is 615 g/mol. The van der Waals surface area contributed by atoms with Crippen LogP contribution in [0.15, 0.2) is 146 Å². The van der Waals surface area contributed by atoms with Gasteiger partial charge in [0.1, 0.15) is 23.0 Å². The van der Waals surface area contributed by atoms with E-state index in [0.717, 1.165) is 45.2 Å². The first-order chi connectivity index (χ1) is 23.7. The van der Waals surface area contributed by atoms with Crippen molar-refractivity contribution in [1.29, 1.82) is 0 Å². The molecule has 4 heterocycles. The lowest BCUT2D eigenvalue weighted by molar-refractivity contribution is 0.464. The van der Waals surface area contributed by atoms with Gasteiger partial charge in [0.2, 0.25) is 0 Å². The summed E-state index contributed by atoms with van der Waals surface area (Å²) in [6.45, 7) is 2.20. The van der Waals surface area contributed by atoms with Crippen LogP contribution >= 0.6 is 0 Å². The minimum atomic E-state index is 0.0458. The van der Waals surface area contributed by atoms with Crippen LogP contribution in [-0.4, -0.2) is 15.8 Å². The highest BCUT2D eigenvalue weighted by atomic mass is 16.5. The van der Waals surface area contributed by atoms with Crippen LogP contribution in [0.25, 0.3) is 55.0 Å². The molecule has 0 fully saturated rings. The lowest BCUT2D eigenvalue weighted by Crippen LogP contribution is -2.57. The molecule has 224 valence electrons. The molecule has 0 spiro atoms. The molecule has 0 aliphatic carbocycles. The van der Waals surface area contributed by atoms with Crippen molar-refractivity contribution >= 4 is 66.7 Å². The monoisotopic (exact) mass is 614 g/mol. The summed E-state index contributed by atoms with van der Waals surface area (Å²) in [6.07, 6.45) is 0. The second-order valence-electron chi connectivity index (χ2n) is 13.0. The van der Waals surface area contributed by atoms with Gasteiger partial charge in [0.05, 0.1) is 27.8 Å². The van der Waals surface area contributed by atoms with Crippen molar-refractivity contribution in [3.63, 3.8) is 0 Å². The fourth-order valence-electron chi connectivity index (χ4n) is 8.35. The number of rotatable bonds is 2. The topological polar surface area (TPSA) is 28.3 Å². The zero-order valence-electron chi connectivity index (χ0n) is 26.1. The number of ether oxygens (including phenoxy) is 2. The molecule has 0 saturated heterocycles. The Morgan fingerprint density at radius 2 is 0.958 bits per heavy atom. The summed E-state index contributed by atoms with van der Waals surface area (Å²) in [5.74, 6) is 3.46. The number of hydrogen-bond donors (Lipinski definition) is 0. The van der Waals surface area contributed by atoms with Gasteiger partial charge in [0.25, 0.3) is 6.71 Å². The van der Waals surface area contributed by atoms with E-state index in [9.17, 15) is 0 Å². The molecule has 2 aromatic heterocycles. The number of benzene rings is 7. The largest absolute Gasteiger partial charge is 0.458 e. The highest BCUT2D eigenvalue weighted by Gasteiger charge is 2.40. The fraction of sp³-hybridized carbons (Fsp3) is 0.0233. The van der Waals surface area contributed by atoms with E-state index in [2.05, 4.69) is 150 Å². The van der Waals surface area contributed by atoms with Gasteiger partial charge >= 0.3 is 0 Å². The summed E-state index contributed by atoms with van der Waals surface area (Å²) in [7, 11) is 0. The molecular weight excluding hydrogens is 587 g/mol. The number of fused-ring (bicyclic) bond motifs is 11. The van der Waals surface area contributed by atoms with E-state index >= 15 is 0 Å². The molecule has 2 aliphatic rings. The first-order valence-electron chi connectivity index (χ1n) is 16.5. The Kier molecular flexibility index (Phi) is 5.09. The molecule has 0 unspecified atom stereocenters. The maximum Gasteiger partial charge on any atom is 0.260 e. The molecule has 48 heavy (non-hydrogen) atoms. The van der Waals surface area contributed by atoms with Crippen LogP contribution in [0.3, 0.4) is 0 Å². The Labute approximate surface area is 277 Å². The van der Waals surface area contributed by atoms with E-state index in [-0.39, 0.29) is 6.71 Å². The third-order valence-corrected chi connectivity index (χ3v) is 10.3. The van der Waals surface area contributed by atoms with Gasteiger partial charge in [-0.25, -0.2) is 0 Å². The van der Waals surface area contributed by atoms with Crippen LogP contribution in [0, 0.1) is 6.92 Å². The summed E-state index contributed by atoms with van der Waals surface area (Å²) >= 11 is 0. The van der Waals surface area contributed by atoms with Crippen LogP contribution < -0.4 is 25.9 Å². The molecule has 0 bridgehead atoms. The maximum absolute atomic E-state index is 6.70. The highest BCUT2D eigenvalue weighted by Crippen LogP contribution is 2.44. The van der Waals surface area contributed by atoms with E-state index in [0.29, 0.717) is 0 Å². The van der Waals surface area contributed by atoms with Crippen LogP contribution in [0.5, 0.6) is 23.0 Å². The van der Waals surface area contributed by atoms with Crippen molar-refractivity contribution in [2.45, 2.75) is 6.92 Å². The Bertz CT molecular complexity index is 2760. The molecule has 0 N–H and O–H groups in total. The SMILES string of the molecule is Cc1cccc(-n2c3ccccc3c3c4c5ccccc5n(-c5cc6c7c(c5)Oc5ccccc5B7c5ccccc5O6)c4ccc32)c1. The normalized spacial score (nSPS) is 13.0. The van der Waals surface area contributed by atoms with Crippen LogP contribution in [0.2, 0.25) is 0 Å². The number of hydrogen-bond acceptors (Lipinski definition) is 2. The first-order valence-corrected chi connectivity index (χ1v) is 16.5. The Hall–Kier alpha value is -6.20. The zero-order chi connectivity index (χ0) is 31.5. The van der Waals surface area contributed by atoms with Crippen molar-refractivity contribution in [3.05, 3.63) is 151 Å². The van der Waals surface area contributed by atoms with E-state index in [1.165, 1.54) is 54.8 Å². The molecule has 0 saturated carbocycles. The highest BCUT2D eigenvalue weighted by molar-refractivity contribution is 6.98. The standard InChI is InChI=1S/C43H27BN2O2/c1-26-11-10-12-27(23-26)45-33-17-6-2-13-29(33)41-35(45)21-22-36-42(41)30-14-3-7-18-34(30)46(36)28-24-39-43-40(25-28)48-38-20-9-5-16-32(38)44(43)31-15-4-8-19-37(31)47-39/h2-25H,1H3. The summed E-state index contributed by atoms with van der Waals surface area (Å²) < 4.78 is 18.2. The van der Waals surface area contributed by atoms with E-state index in [1.54, 1.807) is 0 Å². The van der Waals surface area contributed by atoms with Crippen molar-refractivity contribution in [3.8, 4) is 34.4 Å². The van der Waals surface area contributed by atoms with E-state index < -0.39 is 0 Å². The van der Waals surface area contributed by atoms with E-state index in [1.807, 2.05) is 12.1 Å². The van der Waals surface area contributed by atoms with Crippen molar-refractivity contribution in [2.75, 3.05) is 0 Å². The molecular formula is C43H27BN2O2. The Morgan fingerprint density at radius 3 is 1.54 bits per heavy atom. The minimum Gasteiger partial charge on any atom is -0.458 e. The maximum atomic E-state index is 6.70. The smallest absolute Gasteiger partial charge is 0.260 e. The molecule has 11 rings (SSSR count). The lowest BCUT2D eigenvalue weighted by Gasteiger charge is -2.33. The molecule has 2 aliphatic heterocycles. The van der Waals surface area contributed by atoms with Crippen molar-refractivity contribution < 1.29 is 9.47 Å². The predicted octanol–water partition coefficient (Wildman–Crippen LogP) is 8.92. The molecule has 9 aromatic rings. The van der Waals surface area contributed by atoms with E-state index in [4.69, 9.17) is 9.47 Å². The van der Waals surface area contributed by atoms with Gasteiger partial charge in [-0.05, 0) is 71.9 Å². The zero-order valence-corrected chi connectivity index (χ0v) is 26.1. The Balaban J connectivity index is 1.23. The van der Waals surface area contributed by atoms with Crippen LogP contribution in [-0.2, 0) is 0 Å². The molecule has 5 heteroatoms. The molecule has 7 aromatic carbocycles. The van der Waals surface area contributed by atoms with Gasteiger partial charge in [0.15, 0.2) is 0 Å². The second kappa shape index (κ2) is 9.43. The fourth-order valence-corrected chi connectivity index (χ4v) is 8.35. The van der Waals surface area contributed by atoms with Crippen molar-refractivity contribution in [1.82, 2.24) is 9.13 Å². The third-order valence-electron chi connectivity index (χ3n) is 10.3. The first kappa shape index (κ1) is 25.9. The van der Waals surface area contributed by atoms with Gasteiger partial charge in [-0.3, -0.25) is 0 Å². The number of aryl methyl sites for hydroxylation is 1. The minimum absolute atomic E-state index is 0.0458. The van der Waals surface area contributed by atoms with Crippen LogP contribution in [0.4, 0.5) is 0 Å². The van der Waals surface area contributed by atoms with Gasteiger partial charge in [-0.2, -0.15) is 0 Å². The van der Waals surface area contributed by atoms with Gasteiger partial charge in [0, 0.05) is 44.8 Å². The van der Waals surface area contributed by atoms with Crippen LogP contribution in [0.1, 0.15) is 5.56 Å². The molecule has 0 atom stereocenters. The summed E-state index contributed by atoms with van der Waals surface area (Å²) in [4.78, 5) is 0. The summed E-state index contributed by atoms with van der Waals surface area (Å²) in [6, 6.07) is 52.0.